The number of aromatic amines is 1. The van der Waals surface area contributed by atoms with E-state index in [0.29, 0.717) is 28.3 Å². The molecule has 0 saturated heterocycles. The van der Waals surface area contributed by atoms with Gasteiger partial charge in [-0.25, -0.2) is 0 Å². The summed E-state index contributed by atoms with van der Waals surface area (Å²) in [6, 6.07) is 11.8. The minimum Gasteiger partial charge on any atom is -0.390 e. The second kappa shape index (κ2) is 5.74. The molecular formula is C23H23ClN2O2. The van der Waals surface area contributed by atoms with Crippen molar-refractivity contribution in [1.29, 1.82) is 0 Å². The van der Waals surface area contributed by atoms with Gasteiger partial charge in [-0.2, -0.15) is 0 Å². The largest absolute Gasteiger partial charge is 0.390 e. The minimum absolute atomic E-state index is 0.0114. The summed E-state index contributed by atoms with van der Waals surface area (Å²) >= 11 is 6.17. The lowest BCUT2D eigenvalue weighted by Gasteiger charge is -2.58. The molecule has 1 aromatic heterocycles. The molecule has 2 aromatic carbocycles. The van der Waals surface area contributed by atoms with Crippen molar-refractivity contribution in [3.63, 3.8) is 0 Å². The number of hydrogen-bond acceptors (Lipinski definition) is 2. The van der Waals surface area contributed by atoms with Crippen LogP contribution >= 0.6 is 11.6 Å². The zero-order chi connectivity index (χ0) is 19.0. The third kappa shape index (κ3) is 2.51. The molecule has 4 bridgehead atoms. The Balaban J connectivity index is 1.31. The number of carbonyl (C=O) groups is 1. The fourth-order valence-electron chi connectivity index (χ4n) is 6.46. The molecule has 28 heavy (non-hydrogen) atoms. The van der Waals surface area contributed by atoms with Crippen LogP contribution in [-0.4, -0.2) is 27.6 Å². The number of H-pyrrole nitrogens is 1. The third-order valence-corrected chi connectivity index (χ3v) is 7.60. The second-order valence-corrected chi connectivity index (χ2v) is 9.71. The number of carbonyl (C=O) groups excluding carboxylic acids is 1. The number of aromatic nitrogens is 1. The van der Waals surface area contributed by atoms with Crippen molar-refractivity contribution in [2.45, 2.75) is 43.7 Å². The maximum Gasteiger partial charge on any atom is 0.251 e. The second-order valence-electron chi connectivity index (χ2n) is 9.27. The number of rotatable bonds is 2. The molecule has 144 valence electrons. The van der Waals surface area contributed by atoms with Crippen LogP contribution in [0.15, 0.2) is 36.4 Å². The van der Waals surface area contributed by atoms with Gasteiger partial charge in [-0.15, -0.1) is 0 Å². The Bertz CT molecular complexity index is 1100. The van der Waals surface area contributed by atoms with Gasteiger partial charge in [-0.1, -0.05) is 11.6 Å². The summed E-state index contributed by atoms with van der Waals surface area (Å²) in [6.07, 6.45) is 4.92. The summed E-state index contributed by atoms with van der Waals surface area (Å²) in [5, 5.41) is 16.8. The lowest BCUT2D eigenvalue weighted by atomic mass is 9.52. The normalized spacial score (nSPS) is 33.6. The van der Waals surface area contributed by atoms with Gasteiger partial charge < -0.3 is 15.4 Å². The number of benzene rings is 2. The zero-order valence-corrected chi connectivity index (χ0v) is 16.3. The van der Waals surface area contributed by atoms with Crippen molar-refractivity contribution in [2.24, 2.45) is 17.8 Å². The maximum atomic E-state index is 13.1. The van der Waals surface area contributed by atoms with Crippen LogP contribution in [-0.2, 0) is 0 Å². The zero-order valence-electron chi connectivity index (χ0n) is 15.5. The van der Waals surface area contributed by atoms with Crippen LogP contribution in [0.5, 0.6) is 0 Å². The van der Waals surface area contributed by atoms with Crippen molar-refractivity contribution in [2.75, 3.05) is 0 Å². The first-order valence-electron chi connectivity index (χ1n) is 10.2. The van der Waals surface area contributed by atoms with E-state index in [9.17, 15) is 9.90 Å². The standard InChI is InChI=1S/C23H23ClN2O2/c24-16-2-4-20-18(8-16)17-7-13(1-3-19(17)25-20)22(27)26-21-14-5-12-6-15(21)11-23(28,9-12)10-14/h1-4,7-8,12,14-15,21,25,28H,5-6,9-11H2,(H,26,27)/t12?,14-,15-,21?,23?/m0/s1. The van der Waals surface area contributed by atoms with Gasteiger partial charge in [0.05, 0.1) is 5.60 Å². The van der Waals surface area contributed by atoms with E-state index in [1.54, 1.807) is 0 Å². The van der Waals surface area contributed by atoms with E-state index in [-0.39, 0.29) is 11.9 Å². The van der Waals surface area contributed by atoms with Crippen molar-refractivity contribution in [1.82, 2.24) is 10.3 Å². The van der Waals surface area contributed by atoms with E-state index in [1.807, 2.05) is 36.4 Å². The topological polar surface area (TPSA) is 65.1 Å². The van der Waals surface area contributed by atoms with Crippen molar-refractivity contribution in [3.05, 3.63) is 47.0 Å². The van der Waals surface area contributed by atoms with Crippen molar-refractivity contribution < 1.29 is 9.90 Å². The molecule has 2 atom stereocenters. The van der Waals surface area contributed by atoms with Gasteiger partial charge in [0, 0.05) is 38.4 Å². The van der Waals surface area contributed by atoms with Gasteiger partial charge in [0.2, 0.25) is 0 Å². The predicted molar refractivity (Wildman–Crippen MR) is 111 cm³/mol. The van der Waals surface area contributed by atoms with E-state index in [2.05, 4.69) is 10.3 Å². The molecule has 0 radical (unpaired) electrons. The van der Waals surface area contributed by atoms with E-state index in [4.69, 9.17) is 11.6 Å². The predicted octanol–water partition coefficient (Wildman–Crippen LogP) is 4.64. The average molecular weight is 395 g/mol. The van der Waals surface area contributed by atoms with Gasteiger partial charge in [-0.3, -0.25) is 4.79 Å². The average Bonchev–Trinajstić information content (AvgIpc) is 3.00. The Hall–Kier alpha value is -2.04. The van der Waals surface area contributed by atoms with E-state index in [1.165, 1.54) is 0 Å². The maximum absolute atomic E-state index is 13.1. The molecule has 3 N–H and O–H groups in total. The Labute approximate surface area is 168 Å². The number of amides is 1. The highest BCUT2D eigenvalue weighted by molar-refractivity contribution is 6.31. The summed E-state index contributed by atoms with van der Waals surface area (Å²) in [5.41, 5.74) is 2.23. The van der Waals surface area contributed by atoms with Gasteiger partial charge in [0.25, 0.3) is 5.91 Å². The highest BCUT2D eigenvalue weighted by atomic mass is 35.5. The Morgan fingerprint density at radius 1 is 1.04 bits per heavy atom. The van der Waals surface area contributed by atoms with Gasteiger partial charge in [-0.05, 0) is 86.3 Å². The number of hydrogen-bond donors (Lipinski definition) is 3. The third-order valence-electron chi connectivity index (χ3n) is 7.36. The SMILES string of the molecule is O=C(NC1[C@H]2CC3C[C@H]1CC(O)(C3)C2)c1ccc2[nH]c3ccc(Cl)cc3c2c1. The molecule has 0 unspecified atom stereocenters. The minimum atomic E-state index is -0.472. The van der Waals surface area contributed by atoms with Crippen LogP contribution in [0.25, 0.3) is 21.8 Å². The molecule has 4 aliphatic rings. The monoisotopic (exact) mass is 394 g/mol. The molecule has 1 heterocycles. The molecular weight excluding hydrogens is 372 g/mol. The molecule has 5 heteroatoms. The van der Waals surface area contributed by atoms with Crippen molar-refractivity contribution in [3.8, 4) is 0 Å². The van der Waals surface area contributed by atoms with Crippen LogP contribution in [0, 0.1) is 17.8 Å². The first-order chi connectivity index (χ1) is 13.5. The van der Waals surface area contributed by atoms with Crippen LogP contribution in [0.4, 0.5) is 0 Å². The Morgan fingerprint density at radius 3 is 2.43 bits per heavy atom. The highest BCUT2D eigenvalue weighted by Crippen LogP contribution is 2.55. The number of aliphatic hydroxyl groups is 1. The van der Waals surface area contributed by atoms with Gasteiger partial charge >= 0.3 is 0 Å². The van der Waals surface area contributed by atoms with E-state index >= 15 is 0 Å². The quantitative estimate of drug-likeness (QED) is 0.592. The molecule has 4 saturated carbocycles. The molecule has 4 fully saturated rings. The van der Waals surface area contributed by atoms with Gasteiger partial charge in [0.1, 0.15) is 0 Å². The van der Waals surface area contributed by atoms with E-state index in [0.717, 1.165) is 53.9 Å². The highest BCUT2D eigenvalue weighted by Gasteiger charge is 2.55. The van der Waals surface area contributed by atoms with Crippen LogP contribution < -0.4 is 5.32 Å². The fourth-order valence-corrected chi connectivity index (χ4v) is 6.63. The lowest BCUT2D eigenvalue weighted by molar-refractivity contribution is -0.136. The molecule has 0 spiro atoms. The molecule has 4 nitrogen and oxygen atoms in total. The summed E-state index contributed by atoms with van der Waals surface area (Å²) < 4.78 is 0. The van der Waals surface area contributed by atoms with Crippen LogP contribution in [0.3, 0.4) is 0 Å². The first kappa shape index (κ1) is 16.9. The Morgan fingerprint density at radius 2 is 1.71 bits per heavy atom. The molecule has 3 aromatic rings. The number of fused-ring (bicyclic) bond motifs is 3. The smallest absolute Gasteiger partial charge is 0.251 e. The first-order valence-corrected chi connectivity index (χ1v) is 10.6. The molecule has 4 aliphatic carbocycles. The molecule has 7 rings (SSSR count). The lowest BCUT2D eigenvalue weighted by Crippen LogP contribution is -2.61. The van der Waals surface area contributed by atoms with Crippen LogP contribution in [0.2, 0.25) is 5.02 Å². The molecule has 0 aliphatic heterocycles. The number of nitrogens with one attached hydrogen (secondary N) is 2. The summed E-state index contributed by atoms with van der Waals surface area (Å²) in [5.74, 6) is 1.46. The summed E-state index contributed by atoms with van der Waals surface area (Å²) in [6.45, 7) is 0. The van der Waals surface area contributed by atoms with Crippen molar-refractivity contribution >= 4 is 39.3 Å². The molecule has 1 amide bonds. The summed E-state index contributed by atoms with van der Waals surface area (Å²) in [7, 11) is 0. The Kier molecular flexibility index (Phi) is 3.46. The fraction of sp³-hybridized carbons (Fsp3) is 0.435. The van der Waals surface area contributed by atoms with E-state index < -0.39 is 5.60 Å². The van der Waals surface area contributed by atoms with Crippen LogP contribution in [0.1, 0.15) is 42.5 Å². The summed E-state index contributed by atoms with van der Waals surface area (Å²) in [4.78, 5) is 16.5. The van der Waals surface area contributed by atoms with Gasteiger partial charge in [0.15, 0.2) is 0 Å². The number of halogens is 1.